The third-order valence-electron chi connectivity index (χ3n) is 6.50. The predicted octanol–water partition coefficient (Wildman–Crippen LogP) is 5.14. The first-order valence-corrected chi connectivity index (χ1v) is 14.1. The van der Waals surface area contributed by atoms with Crippen molar-refractivity contribution in [1.29, 1.82) is 0 Å². The molecule has 41 heavy (non-hydrogen) atoms. The molecule has 2 heterocycles. The van der Waals surface area contributed by atoms with Gasteiger partial charge >= 0.3 is 6.09 Å². The summed E-state index contributed by atoms with van der Waals surface area (Å²) >= 11 is 30.1. The van der Waals surface area contributed by atoms with Crippen LogP contribution in [0, 0.1) is 5.82 Å². The van der Waals surface area contributed by atoms with Crippen LogP contribution in [0.15, 0.2) is 36.4 Å². The Kier molecular flexibility index (Phi) is 9.98. The molecule has 0 saturated carbocycles. The summed E-state index contributed by atoms with van der Waals surface area (Å²) in [7, 11) is 0. The van der Waals surface area contributed by atoms with Gasteiger partial charge in [0.15, 0.2) is 6.30 Å². The lowest BCUT2D eigenvalue weighted by Gasteiger charge is -2.44. The lowest BCUT2D eigenvalue weighted by atomic mass is 10.2. The van der Waals surface area contributed by atoms with Gasteiger partial charge in [-0.1, -0.05) is 58.0 Å². The van der Waals surface area contributed by atoms with Crippen LogP contribution in [-0.2, 0) is 9.53 Å². The van der Waals surface area contributed by atoms with Crippen LogP contribution in [0.3, 0.4) is 0 Å². The van der Waals surface area contributed by atoms with E-state index in [9.17, 15) is 18.8 Å². The van der Waals surface area contributed by atoms with Crippen molar-refractivity contribution in [3.63, 3.8) is 0 Å². The second-order valence-electron chi connectivity index (χ2n) is 9.35. The smallest absolute Gasteiger partial charge is 0.414 e. The van der Waals surface area contributed by atoms with Crippen molar-refractivity contribution in [3.05, 3.63) is 57.8 Å². The molecule has 2 aliphatic rings. The van der Waals surface area contributed by atoms with Gasteiger partial charge in [-0.05, 0) is 36.4 Å². The second kappa shape index (κ2) is 12.9. The van der Waals surface area contributed by atoms with Crippen molar-refractivity contribution < 1.29 is 27.9 Å². The number of amides is 3. The maximum Gasteiger partial charge on any atom is 0.414 e. The highest BCUT2D eigenvalue weighted by Crippen LogP contribution is 2.36. The fourth-order valence-corrected chi connectivity index (χ4v) is 5.48. The molecule has 222 valence electrons. The number of hydrogen-bond acceptors (Lipinski definition) is 6. The maximum atomic E-state index is 15.5. The fourth-order valence-electron chi connectivity index (χ4n) is 4.47. The van der Waals surface area contributed by atoms with Gasteiger partial charge in [-0.3, -0.25) is 14.5 Å². The summed E-state index contributed by atoms with van der Waals surface area (Å²) in [4.78, 5) is 40.7. The number of piperazine rings is 1. The van der Waals surface area contributed by atoms with Gasteiger partial charge in [0, 0.05) is 31.4 Å². The monoisotopic (exact) mass is 671 g/mol. The molecule has 0 aliphatic carbocycles. The average Bonchev–Trinajstić information content (AvgIpc) is 3.28. The van der Waals surface area contributed by atoms with Gasteiger partial charge in [0.1, 0.15) is 18.1 Å². The van der Waals surface area contributed by atoms with Crippen LogP contribution in [0.1, 0.15) is 17.3 Å². The molecule has 9 nitrogen and oxygen atoms in total. The molecule has 0 aromatic heterocycles. The Morgan fingerprint density at radius 1 is 1.07 bits per heavy atom. The molecule has 3 unspecified atom stereocenters. The highest BCUT2D eigenvalue weighted by atomic mass is 35.6. The Bertz CT molecular complexity index is 1320. The van der Waals surface area contributed by atoms with Crippen molar-refractivity contribution in [3.8, 4) is 0 Å². The summed E-state index contributed by atoms with van der Waals surface area (Å²) in [5.74, 6) is -1.98. The number of ether oxygens (including phenoxy) is 1. The number of benzene rings is 2. The Hall–Kier alpha value is -2.28. The molecule has 0 bridgehead atoms. The number of anilines is 2. The molecule has 3 amide bonds. The van der Waals surface area contributed by atoms with Gasteiger partial charge in [0.2, 0.25) is 9.70 Å². The number of carbonyl (C=O) groups is 3. The number of hydrogen-bond donors (Lipinski definition) is 2. The predicted molar refractivity (Wildman–Crippen MR) is 155 cm³/mol. The average molecular weight is 674 g/mol. The molecule has 2 aromatic carbocycles. The topological polar surface area (TPSA) is 94.2 Å². The van der Waals surface area contributed by atoms with E-state index in [1.807, 2.05) is 0 Å². The minimum absolute atomic E-state index is 0.0494. The van der Waals surface area contributed by atoms with Crippen LogP contribution in [0.2, 0.25) is 10.0 Å². The van der Waals surface area contributed by atoms with E-state index < -0.39 is 40.2 Å². The Morgan fingerprint density at radius 3 is 2.34 bits per heavy atom. The molecule has 2 saturated heterocycles. The number of cyclic esters (lactones) is 1. The summed E-state index contributed by atoms with van der Waals surface area (Å²) in [6, 6.07) is 8.78. The third-order valence-corrected chi connectivity index (χ3v) is 7.72. The van der Waals surface area contributed by atoms with Gasteiger partial charge in [0.25, 0.3) is 5.91 Å². The first-order chi connectivity index (χ1) is 19.2. The van der Waals surface area contributed by atoms with Crippen molar-refractivity contribution >= 4 is 87.3 Å². The zero-order valence-electron chi connectivity index (χ0n) is 21.4. The molecule has 0 spiro atoms. The molecule has 2 aromatic rings. The molecule has 16 heteroatoms. The molecule has 2 fully saturated rings. The summed E-state index contributed by atoms with van der Waals surface area (Å²) in [5, 5.41) is 4.66. The number of halogens is 7. The number of alkyl halides is 4. The van der Waals surface area contributed by atoms with Crippen LogP contribution in [0.25, 0.3) is 0 Å². The number of nitrogens with one attached hydrogen (secondary N) is 2. The van der Waals surface area contributed by atoms with Crippen LogP contribution < -0.4 is 20.4 Å². The lowest BCUT2D eigenvalue weighted by molar-refractivity contribution is -0.119. The van der Waals surface area contributed by atoms with E-state index in [1.165, 1.54) is 16.7 Å². The number of nitrogens with zero attached hydrogens (tertiary/aromatic N) is 3. The molecule has 3 atom stereocenters. The zero-order chi connectivity index (χ0) is 30.1. The van der Waals surface area contributed by atoms with Crippen molar-refractivity contribution in [1.82, 2.24) is 15.5 Å². The van der Waals surface area contributed by atoms with Gasteiger partial charge < -0.3 is 20.3 Å². The molecule has 4 rings (SSSR count). The Labute approximate surface area is 259 Å². The second-order valence-corrected chi connectivity index (χ2v) is 12.5. The van der Waals surface area contributed by atoms with Crippen LogP contribution in [-0.4, -0.2) is 77.9 Å². The van der Waals surface area contributed by atoms with E-state index in [-0.39, 0.29) is 47.7 Å². The summed E-state index contributed by atoms with van der Waals surface area (Å²) in [6.45, 7) is 2.07. The summed E-state index contributed by atoms with van der Waals surface area (Å²) in [6.07, 6.45) is -4.11. The number of carbonyl (C=O) groups excluding carboxylic acids is 3. The summed E-state index contributed by atoms with van der Waals surface area (Å²) < 4.78 is 32.6. The van der Waals surface area contributed by atoms with Crippen LogP contribution in [0.5, 0.6) is 0 Å². The lowest BCUT2D eigenvalue weighted by Crippen LogP contribution is -2.63. The molecule has 2 N–H and O–H groups in total. The standard InChI is InChI=1S/C25H24Cl5F2N5O4/c1-13(38)33-10-16-11-37(24(40)41-16)15-4-2-14(3-5-15)35-6-7-36(21(32)12-35)23(25(28,29)30)34-22(39)17-8-20(31)19(27)9-18(17)26/h2-5,8-9,16,21,23H,6-7,10-12H2,1H3,(H,33,38)(H,34,39). The quantitative estimate of drug-likeness (QED) is 0.241. The first-order valence-electron chi connectivity index (χ1n) is 12.2. The minimum atomic E-state index is -2.15. The zero-order valence-corrected chi connectivity index (χ0v) is 25.1. The molecule has 0 radical (unpaired) electrons. The number of rotatable bonds is 7. The Balaban J connectivity index is 1.41. The SMILES string of the molecule is CC(=O)NCC1CN(c2ccc(N3CCN(C(NC(=O)c4cc(F)c(Cl)cc4Cl)C(Cl)(Cl)Cl)C(F)C3)cc2)C(=O)O1. The first kappa shape index (κ1) is 31.7. The third kappa shape index (κ3) is 7.57. The minimum Gasteiger partial charge on any atom is -0.442 e. The van der Waals surface area contributed by atoms with Crippen LogP contribution >= 0.6 is 58.0 Å². The Morgan fingerprint density at radius 2 is 1.73 bits per heavy atom. The van der Waals surface area contributed by atoms with Crippen molar-refractivity contribution in [2.45, 2.75) is 29.3 Å². The molecular weight excluding hydrogens is 650 g/mol. The highest BCUT2D eigenvalue weighted by molar-refractivity contribution is 6.68. The van der Waals surface area contributed by atoms with E-state index in [1.54, 1.807) is 29.2 Å². The van der Waals surface area contributed by atoms with Crippen molar-refractivity contribution in [2.24, 2.45) is 0 Å². The molecule has 2 aliphatic heterocycles. The van der Waals surface area contributed by atoms with E-state index in [4.69, 9.17) is 62.7 Å². The van der Waals surface area contributed by atoms with Crippen molar-refractivity contribution in [2.75, 3.05) is 42.5 Å². The van der Waals surface area contributed by atoms with E-state index in [0.717, 1.165) is 12.1 Å². The van der Waals surface area contributed by atoms with Gasteiger partial charge in [-0.2, -0.15) is 0 Å². The highest BCUT2D eigenvalue weighted by Gasteiger charge is 2.44. The van der Waals surface area contributed by atoms with Gasteiger partial charge in [-0.25, -0.2) is 18.5 Å². The normalized spacial score (nSPS) is 20.5. The summed E-state index contributed by atoms with van der Waals surface area (Å²) in [5.41, 5.74) is 0.998. The largest absolute Gasteiger partial charge is 0.442 e. The van der Waals surface area contributed by atoms with Crippen LogP contribution in [0.4, 0.5) is 25.0 Å². The van der Waals surface area contributed by atoms with E-state index >= 15 is 4.39 Å². The molecular formula is C25H24Cl5F2N5O4. The van der Waals surface area contributed by atoms with E-state index in [2.05, 4.69) is 10.6 Å². The van der Waals surface area contributed by atoms with Gasteiger partial charge in [-0.15, -0.1) is 0 Å². The fraction of sp³-hybridized carbons (Fsp3) is 0.400. The van der Waals surface area contributed by atoms with E-state index in [0.29, 0.717) is 17.9 Å². The van der Waals surface area contributed by atoms with Gasteiger partial charge in [0.05, 0.1) is 35.2 Å². The maximum absolute atomic E-state index is 15.5.